The van der Waals surface area contributed by atoms with E-state index in [9.17, 15) is 9.59 Å². The summed E-state index contributed by atoms with van der Waals surface area (Å²) >= 11 is 12.3. The van der Waals surface area contributed by atoms with Crippen LogP contribution >= 0.6 is 23.2 Å². The number of nitrogens with one attached hydrogen (secondary N) is 1. The second-order valence-electron chi connectivity index (χ2n) is 7.83. The van der Waals surface area contributed by atoms with Gasteiger partial charge in [0.25, 0.3) is 0 Å². The Labute approximate surface area is 176 Å². The number of hydrogen-bond acceptors (Lipinski definition) is 2. The monoisotopic (exact) mass is 420 g/mol. The van der Waals surface area contributed by atoms with Crippen molar-refractivity contribution in [3.8, 4) is 0 Å². The molecule has 0 aliphatic heterocycles. The predicted octanol–water partition coefficient (Wildman–Crippen LogP) is 4.87. The van der Waals surface area contributed by atoms with Crippen molar-refractivity contribution < 1.29 is 9.59 Å². The molecular formula is C22H26Cl2N2O2. The SMILES string of the molecule is CC(C(=O)NC(C)(C)C)N(Cc1cccc(Cl)c1)C(=O)Cc1ccccc1Cl. The summed E-state index contributed by atoms with van der Waals surface area (Å²) in [5.74, 6) is -0.383. The lowest BCUT2D eigenvalue weighted by Gasteiger charge is -2.31. The topological polar surface area (TPSA) is 49.4 Å². The highest BCUT2D eigenvalue weighted by molar-refractivity contribution is 6.31. The molecule has 0 aliphatic carbocycles. The molecule has 0 saturated carbocycles. The van der Waals surface area contributed by atoms with Gasteiger partial charge in [-0.25, -0.2) is 0 Å². The van der Waals surface area contributed by atoms with Crippen LogP contribution in [0.4, 0.5) is 0 Å². The van der Waals surface area contributed by atoms with Gasteiger partial charge in [-0.2, -0.15) is 0 Å². The van der Waals surface area contributed by atoms with Crippen LogP contribution in [0.2, 0.25) is 10.0 Å². The van der Waals surface area contributed by atoms with Crippen molar-refractivity contribution in [1.82, 2.24) is 10.2 Å². The lowest BCUT2D eigenvalue weighted by Crippen LogP contribution is -2.52. The van der Waals surface area contributed by atoms with Crippen molar-refractivity contribution in [3.05, 3.63) is 69.7 Å². The van der Waals surface area contributed by atoms with Crippen LogP contribution in [-0.2, 0) is 22.6 Å². The summed E-state index contributed by atoms with van der Waals surface area (Å²) in [5.41, 5.74) is 1.20. The van der Waals surface area contributed by atoms with Crippen molar-refractivity contribution >= 4 is 35.0 Å². The molecule has 0 fully saturated rings. The van der Waals surface area contributed by atoms with Gasteiger partial charge in [-0.3, -0.25) is 9.59 Å². The molecule has 4 nitrogen and oxygen atoms in total. The van der Waals surface area contributed by atoms with Crippen LogP contribution in [0.3, 0.4) is 0 Å². The Kier molecular flexibility index (Phi) is 7.50. The number of amides is 2. The molecule has 2 rings (SSSR count). The third-order valence-corrected chi connectivity index (χ3v) is 4.81. The van der Waals surface area contributed by atoms with Crippen LogP contribution in [0.15, 0.2) is 48.5 Å². The molecular weight excluding hydrogens is 395 g/mol. The van der Waals surface area contributed by atoms with Crippen LogP contribution in [0.1, 0.15) is 38.8 Å². The fourth-order valence-corrected chi connectivity index (χ4v) is 3.21. The number of nitrogens with zero attached hydrogens (tertiary/aromatic N) is 1. The van der Waals surface area contributed by atoms with Crippen molar-refractivity contribution in [2.75, 3.05) is 0 Å². The number of hydrogen-bond donors (Lipinski definition) is 1. The summed E-state index contributed by atoms with van der Waals surface area (Å²) in [5, 5.41) is 4.06. The van der Waals surface area contributed by atoms with E-state index in [2.05, 4.69) is 5.32 Å². The van der Waals surface area contributed by atoms with Crippen LogP contribution in [-0.4, -0.2) is 28.3 Å². The zero-order valence-electron chi connectivity index (χ0n) is 16.6. The molecule has 1 atom stereocenters. The van der Waals surface area contributed by atoms with Crippen LogP contribution in [0.25, 0.3) is 0 Å². The summed E-state index contributed by atoms with van der Waals surface area (Å²) in [7, 11) is 0. The Morgan fingerprint density at radius 2 is 1.75 bits per heavy atom. The van der Waals surface area contributed by atoms with Gasteiger partial charge in [-0.1, -0.05) is 53.5 Å². The minimum Gasteiger partial charge on any atom is -0.350 e. The Balaban J connectivity index is 2.27. The molecule has 2 aromatic rings. The molecule has 0 saturated heterocycles. The Morgan fingerprint density at radius 1 is 1.07 bits per heavy atom. The molecule has 2 aromatic carbocycles. The fraction of sp³-hybridized carbons (Fsp3) is 0.364. The fourth-order valence-electron chi connectivity index (χ4n) is 2.79. The van der Waals surface area contributed by atoms with E-state index in [0.29, 0.717) is 10.0 Å². The van der Waals surface area contributed by atoms with Gasteiger partial charge in [0, 0.05) is 22.1 Å². The molecule has 28 heavy (non-hydrogen) atoms. The largest absolute Gasteiger partial charge is 0.350 e. The van der Waals surface area contributed by atoms with Gasteiger partial charge < -0.3 is 10.2 Å². The third kappa shape index (κ3) is 6.54. The second-order valence-corrected chi connectivity index (χ2v) is 8.68. The zero-order chi connectivity index (χ0) is 20.9. The first kappa shape index (κ1) is 22.3. The minimum absolute atomic E-state index is 0.118. The summed E-state index contributed by atoms with van der Waals surface area (Å²) in [6.07, 6.45) is 0.118. The van der Waals surface area contributed by atoms with Gasteiger partial charge in [-0.15, -0.1) is 0 Å². The van der Waals surface area contributed by atoms with Crippen LogP contribution in [0.5, 0.6) is 0 Å². The number of benzene rings is 2. The highest BCUT2D eigenvalue weighted by Crippen LogP contribution is 2.19. The molecule has 1 unspecified atom stereocenters. The predicted molar refractivity (Wildman–Crippen MR) is 115 cm³/mol. The molecule has 0 aliphatic rings. The van der Waals surface area contributed by atoms with Crippen molar-refractivity contribution in [1.29, 1.82) is 0 Å². The van der Waals surface area contributed by atoms with Gasteiger partial charge in [0.2, 0.25) is 11.8 Å². The molecule has 0 aromatic heterocycles. The van der Waals surface area contributed by atoms with E-state index in [-0.39, 0.29) is 24.8 Å². The van der Waals surface area contributed by atoms with Crippen molar-refractivity contribution in [3.63, 3.8) is 0 Å². The first-order chi connectivity index (χ1) is 13.1. The van der Waals surface area contributed by atoms with Gasteiger partial charge in [0.1, 0.15) is 6.04 Å². The molecule has 0 radical (unpaired) electrons. The highest BCUT2D eigenvalue weighted by Gasteiger charge is 2.28. The van der Waals surface area contributed by atoms with Crippen molar-refractivity contribution in [2.24, 2.45) is 0 Å². The average Bonchev–Trinajstić information content (AvgIpc) is 2.59. The first-order valence-electron chi connectivity index (χ1n) is 9.16. The van der Waals surface area contributed by atoms with E-state index < -0.39 is 11.6 Å². The lowest BCUT2D eigenvalue weighted by molar-refractivity contribution is -0.140. The number of carbonyl (C=O) groups excluding carboxylic acids is 2. The smallest absolute Gasteiger partial charge is 0.242 e. The minimum atomic E-state index is -0.645. The highest BCUT2D eigenvalue weighted by atomic mass is 35.5. The maximum Gasteiger partial charge on any atom is 0.242 e. The molecule has 1 N–H and O–H groups in total. The normalized spacial score (nSPS) is 12.4. The quantitative estimate of drug-likeness (QED) is 0.724. The first-order valence-corrected chi connectivity index (χ1v) is 9.92. The Morgan fingerprint density at radius 3 is 2.36 bits per heavy atom. The van der Waals surface area contributed by atoms with Gasteiger partial charge in [0.05, 0.1) is 6.42 Å². The Bertz CT molecular complexity index is 846. The van der Waals surface area contributed by atoms with E-state index in [4.69, 9.17) is 23.2 Å². The number of halogens is 2. The van der Waals surface area contributed by atoms with E-state index in [1.54, 1.807) is 30.0 Å². The standard InChI is InChI=1S/C22H26Cl2N2O2/c1-15(21(28)25-22(2,3)4)26(14-16-8-7-10-18(23)12-16)20(27)13-17-9-5-6-11-19(17)24/h5-12,15H,13-14H2,1-4H3,(H,25,28). The third-order valence-electron chi connectivity index (χ3n) is 4.21. The molecule has 0 spiro atoms. The number of rotatable bonds is 6. The average molecular weight is 421 g/mol. The second kappa shape index (κ2) is 9.44. The summed E-state index contributed by atoms with van der Waals surface area (Å²) < 4.78 is 0. The van der Waals surface area contributed by atoms with E-state index >= 15 is 0 Å². The van der Waals surface area contributed by atoms with Crippen molar-refractivity contribution in [2.45, 2.75) is 52.2 Å². The molecule has 150 valence electrons. The van der Waals surface area contributed by atoms with E-state index in [1.807, 2.05) is 51.1 Å². The van der Waals surface area contributed by atoms with Gasteiger partial charge in [-0.05, 0) is 57.0 Å². The maximum absolute atomic E-state index is 13.1. The van der Waals surface area contributed by atoms with Crippen LogP contribution in [0, 0.1) is 0 Å². The maximum atomic E-state index is 13.1. The summed E-state index contributed by atoms with van der Waals surface area (Å²) in [4.78, 5) is 27.4. The summed E-state index contributed by atoms with van der Waals surface area (Å²) in [6, 6.07) is 13.9. The van der Waals surface area contributed by atoms with Crippen LogP contribution < -0.4 is 5.32 Å². The van der Waals surface area contributed by atoms with Gasteiger partial charge >= 0.3 is 0 Å². The van der Waals surface area contributed by atoms with Gasteiger partial charge in [0.15, 0.2) is 0 Å². The molecule has 0 heterocycles. The van der Waals surface area contributed by atoms with E-state index in [0.717, 1.165) is 11.1 Å². The molecule has 0 bridgehead atoms. The Hall–Kier alpha value is -2.04. The number of carbonyl (C=O) groups is 2. The lowest BCUT2D eigenvalue weighted by atomic mass is 10.1. The zero-order valence-corrected chi connectivity index (χ0v) is 18.1. The molecule has 6 heteroatoms. The van der Waals surface area contributed by atoms with E-state index in [1.165, 1.54) is 0 Å². The molecule has 2 amide bonds. The summed E-state index contributed by atoms with van der Waals surface area (Å²) in [6.45, 7) is 7.73.